The number of aliphatic hydroxyl groups is 1. The van der Waals surface area contributed by atoms with Gasteiger partial charge in [0.2, 0.25) is 0 Å². The van der Waals surface area contributed by atoms with Crippen molar-refractivity contribution in [3.63, 3.8) is 0 Å². The molecule has 3 N–H and O–H groups in total. The van der Waals surface area contributed by atoms with E-state index in [1.807, 2.05) is 0 Å². The van der Waals surface area contributed by atoms with Crippen LogP contribution in [0.5, 0.6) is 5.75 Å². The number of benzene rings is 2. The molecule has 0 heterocycles. The van der Waals surface area contributed by atoms with Crippen LogP contribution in [-0.4, -0.2) is 30.7 Å². The van der Waals surface area contributed by atoms with Crippen molar-refractivity contribution in [2.75, 3.05) is 25.0 Å². The van der Waals surface area contributed by atoms with Crippen molar-refractivity contribution in [1.82, 2.24) is 5.32 Å². The van der Waals surface area contributed by atoms with Gasteiger partial charge in [-0.2, -0.15) is 13.2 Å². The Hall–Kier alpha value is -2.74. The molecule has 0 radical (unpaired) electrons. The number of para-hydroxylation sites is 1. The number of carbonyl (C=O) groups excluding carboxylic acids is 1. The molecule has 0 aliphatic heterocycles. The lowest BCUT2D eigenvalue weighted by atomic mass is 10.1. The zero-order valence-electron chi connectivity index (χ0n) is 14.6. The fourth-order valence-electron chi connectivity index (χ4n) is 2.31. The van der Waals surface area contributed by atoms with Gasteiger partial charge in [-0.1, -0.05) is 24.3 Å². The van der Waals surface area contributed by atoms with Gasteiger partial charge in [0.15, 0.2) is 6.61 Å². The highest BCUT2D eigenvalue weighted by atomic mass is 19.4. The van der Waals surface area contributed by atoms with Crippen molar-refractivity contribution in [3.8, 4) is 5.75 Å². The highest BCUT2D eigenvalue weighted by Crippen LogP contribution is 2.34. The molecule has 2 aromatic rings. The van der Waals surface area contributed by atoms with Gasteiger partial charge in [0.25, 0.3) is 5.91 Å². The number of rotatable bonds is 9. The van der Waals surface area contributed by atoms with Crippen LogP contribution in [0, 0.1) is 0 Å². The number of aliphatic hydroxyl groups excluding tert-OH is 1. The van der Waals surface area contributed by atoms with Crippen LogP contribution in [0.3, 0.4) is 0 Å². The van der Waals surface area contributed by atoms with Gasteiger partial charge in [-0.05, 0) is 36.2 Å². The maximum absolute atomic E-state index is 12.9. The Morgan fingerprint density at radius 3 is 2.41 bits per heavy atom. The van der Waals surface area contributed by atoms with Crippen molar-refractivity contribution in [2.24, 2.45) is 0 Å². The molecule has 0 aliphatic carbocycles. The summed E-state index contributed by atoms with van der Waals surface area (Å²) in [7, 11) is 0. The minimum Gasteiger partial charge on any atom is -0.484 e. The van der Waals surface area contributed by atoms with E-state index < -0.39 is 11.7 Å². The largest absolute Gasteiger partial charge is 0.484 e. The van der Waals surface area contributed by atoms with Gasteiger partial charge in [0.1, 0.15) is 5.75 Å². The summed E-state index contributed by atoms with van der Waals surface area (Å²) in [5.41, 5.74) is 0.0482. The van der Waals surface area contributed by atoms with Crippen molar-refractivity contribution in [3.05, 3.63) is 59.7 Å². The highest BCUT2D eigenvalue weighted by molar-refractivity contribution is 5.77. The van der Waals surface area contributed by atoms with Crippen molar-refractivity contribution in [2.45, 2.75) is 19.2 Å². The molecule has 8 heteroatoms. The van der Waals surface area contributed by atoms with Gasteiger partial charge in [0, 0.05) is 18.8 Å². The van der Waals surface area contributed by atoms with Gasteiger partial charge in [-0.25, -0.2) is 0 Å². The summed E-state index contributed by atoms with van der Waals surface area (Å²) in [5.74, 6) is 0.185. The van der Waals surface area contributed by atoms with E-state index >= 15 is 0 Å². The molecule has 146 valence electrons. The maximum Gasteiger partial charge on any atom is 0.418 e. The molecule has 0 unspecified atom stereocenters. The molecule has 2 aromatic carbocycles. The number of anilines is 1. The molecular weight excluding hydrogens is 361 g/mol. The van der Waals surface area contributed by atoms with Gasteiger partial charge in [-0.3, -0.25) is 4.79 Å². The number of halogens is 3. The van der Waals surface area contributed by atoms with Crippen LogP contribution in [0.4, 0.5) is 18.9 Å². The lowest BCUT2D eigenvalue weighted by Crippen LogP contribution is -2.30. The number of ether oxygens (including phenoxy) is 1. The summed E-state index contributed by atoms with van der Waals surface area (Å²) >= 11 is 0. The fourth-order valence-corrected chi connectivity index (χ4v) is 2.31. The van der Waals surface area contributed by atoms with E-state index in [0.29, 0.717) is 18.7 Å². The van der Waals surface area contributed by atoms with Crippen LogP contribution in [0.25, 0.3) is 0 Å². The zero-order valence-corrected chi connectivity index (χ0v) is 14.6. The average Bonchev–Trinajstić information content (AvgIpc) is 2.66. The number of nitrogens with one attached hydrogen (secondary N) is 2. The number of carbonyl (C=O) groups is 1. The number of hydrogen-bond acceptors (Lipinski definition) is 4. The molecule has 0 atom stereocenters. The van der Waals surface area contributed by atoms with E-state index in [1.54, 1.807) is 24.3 Å². The normalized spacial score (nSPS) is 11.1. The molecule has 5 nitrogen and oxygen atoms in total. The highest BCUT2D eigenvalue weighted by Gasteiger charge is 2.32. The van der Waals surface area contributed by atoms with Crippen molar-refractivity contribution >= 4 is 11.6 Å². The first-order valence-corrected chi connectivity index (χ1v) is 8.39. The standard InChI is InChI=1S/C19H21F3N2O3/c20-19(21,22)16-4-1-2-5-17(16)23-10-3-11-24-18(26)13-27-15-8-6-14(12-25)7-9-15/h1-2,4-9,23,25H,3,10-13H2,(H,24,26). The maximum atomic E-state index is 12.9. The number of alkyl halides is 3. The third-order valence-corrected chi connectivity index (χ3v) is 3.70. The Labute approximate surface area is 155 Å². The summed E-state index contributed by atoms with van der Waals surface area (Å²) in [4.78, 5) is 11.7. The lowest BCUT2D eigenvalue weighted by molar-refractivity contribution is -0.137. The Bertz CT molecular complexity index is 734. The molecule has 0 fully saturated rings. The second kappa shape index (κ2) is 9.82. The molecule has 0 aromatic heterocycles. The van der Waals surface area contributed by atoms with E-state index in [0.717, 1.165) is 11.6 Å². The molecular formula is C19H21F3N2O3. The Morgan fingerprint density at radius 1 is 1.04 bits per heavy atom. The Balaban J connectivity index is 1.66. The van der Waals surface area contributed by atoms with E-state index in [9.17, 15) is 18.0 Å². The minimum absolute atomic E-state index is 0.0194. The summed E-state index contributed by atoms with van der Waals surface area (Å²) in [6, 6.07) is 12.0. The second-order valence-corrected chi connectivity index (χ2v) is 5.76. The third kappa shape index (κ3) is 6.82. The van der Waals surface area contributed by atoms with Crippen LogP contribution >= 0.6 is 0 Å². The molecule has 1 amide bonds. The van der Waals surface area contributed by atoms with Crippen LogP contribution in [-0.2, 0) is 17.6 Å². The first-order valence-electron chi connectivity index (χ1n) is 8.39. The van der Waals surface area contributed by atoms with E-state index in [1.165, 1.54) is 18.2 Å². The summed E-state index contributed by atoms with van der Waals surface area (Å²) < 4.78 is 43.9. The third-order valence-electron chi connectivity index (χ3n) is 3.70. The smallest absolute Gasteiger partial charge is 0.418 e. The van der Waals surface area contributed by atoms with Gasteiger partial charge in [0.05, 0.1) is 12.2 Å². The van der Waals surface area contributed by atoms with Gasteiger partial charge >= 0.3 is 6.18 Å². The first-order chi connectivity index (χ1) is 12.9. The molecule has 27 heavy (non-hydrogen) atoms. The zero-order chi connectivity index (χ0) is 19.7. The molecule has 0 saturated heterocycles. The van der Waals surface area contributed by atoms with Crippen LogP contribution < -0.4 is 15.4 Å². The predicted molar refractivity (Wildman–Crippen MR) is 95.4 cm³/mol. The van der Waals surface area contributed by atoms with Crippen molar-refractivity contribution < 1.29 is 27.8 Å². The first kappa shape index (κ1) is 20.6. The predicted octanol–water partition coefficient (Wildman–Crippen LogP) is 3.19. The van der Waals surface area contributed by atoms with E-state index in [-0.39, 0.29) is 31.4 Å². The Kier molecular flexibility index (Phi) is 7.48. The van der Waals surface area contributed by atoms with E-state index in [4.69, 9.17) is 9.84 Å². The SMILES string of the molecule is O=C(COc1ccc(CO)cc1)NCCCNc1ccccc1C(F)(F)F. The monoisotopic (exact) mass is 382 g/mol. The molecule has 0 spiro atoms. The number of amides is 1. The summed E-state index contributed by atoms with van der Waals surface area (Å²) in [6.07, 6.45) is -3.95. The molecule has 0 aliphatic rings. The van der Waals surface area contributed by atoms with E-state index in [2.05, 4.69) is 10.6 Å². The summed E-state index contributed by atoms with van der Waals surface area (Å²) in [6.45, 7) is 0.370. The van der Waals surface area contributed by atoms with Crippen LogP contribution in [0.2, 0.25) is 0 Å². The Morgan fingerprint density at radius 2 is 1.74 bits per heavy atom. The second-order valence-electron chi connectivity index (χ2n) is 5.76. The van der Waals surface area contributed by atoms with Crippen molar-refractivity contribution in [1.29, 1.82) is 0 Å². The minimum atomic E-state index is -4.41. The summed E-state index contributed by atoms with van der Waals surface area (Å²) in [5, 5.41) is 14.3. The van der Waals surface area contributed by atoms with Gasteiger partial charge in [-0.15, -0.1) is 0 Å². The topological polar surface area (TPSA) is 70.6 Å². The molecule has 0 bridgehead atoms. The number of hydrogen-bond donors (Lipinski definition) is 3. The average molecular weight is 382 g/mol. The molecule has 0 saturated carbocycles. The lowest BCUT2D eigenvalue weighted by Gasteiger charge is -2.14. The quantitative estimate of drug-likeness (QED) is 0.583. The van der Waals surface area contributed by atoms with Gasteiger partial charge < -0.3 is 20.5 Å². The fraction of sp³-hybridized carbons (Fsp3) is 0.316. The molecule has 2 rings (SSSR count). The van der Waals surface area contributed by atoms with Crippen LogP contribution in [0.15, 0.2) is 48.5 Å². The van der Waals surface area contributed by atoms with Crippen LogP contribution in [0.1, 0.15) is 17.5 Å².